The zero-order chi connectivity index (χ0) is 14.8. The summed E-state index contributed by atoms with van der Waals surface area (Å²) in [7, 11) is 0. The maximum Gasteiger partial charge on any atom is 0.166 e. The molecule has 2 N–H and O–H groups in total. The van der Waals surface area contributed by atoms with Crippen molar-refractivity contribution in [3.8, 4) is 11.5 Å². The van der Waals surface area contributed by atoms with Gasteiger partial charge in [-0.15, -0.1) is 0 Å². The first-order valence-corrected chi connectivity index (χ1v) is 6.86. The van der Waals surface area contributed by atoms with Crippen molar-refractivity contribution < 1.29 is 9.13 Å². The van der Waals surface area contributed by atoms with E-state index in [2.05, 4.69) is 0 Å². The summed E-state index contributed by atoms with van der Waals surface area (Å²) in [6.45, 7) is 1.82. The molecule has 3 heteroatoms. The minimum absolute atomic E-state index is 0.203. The van der Waals surface area contributed by atoms with E-state index in [9.17, 15) is 4.39 Å². The van der Waals surface area contributed by atoms with Gasteiger partial charge in [0.15, 0.2) is 11.6 Å². The highest BCUT2D eigenvalue weighted by molar-refractivity contribution is 5.88. The quantitative estimate of drug-likeness (QED) is 0.749. The largest absolute Gasteiger partial charge is 0.454 e. The van der Waals surface area contributed by atoms with Gasteiger partial charge in [-0.2, -0.15) is 0 Å². The van der Waals surface area contributed by atoms with Crippen molar-refractivity contribution in [3.05, 3.63) is 72.0 Å². The molecule has 0 spiro atoms. The van der Waals surface area contributed by atoms with E-state index in [1.165, 1.54) is 6.07 Å². The van der Waals surface area contributed by atoms with E-state index in [1.807, 2.05) is 49.4 Å². The fourth-order valence-electron chi connectivity index (χ4n) is 2.29. The summed E-state index contributed by atoms with van der Waals surface area (Å²) in [4.78, 5) is 0. The molecule has 0 radical (unpaired) electrons. The van der Waals surface area contributed by atoms with E-state index in [4.69, 9.17) is 10.5 Å². The summed E-state index contributed by atoms with van der Waals surface area (Å²) in [6, 6.07) is 18.2. The van der Waals surface area contributed by atoms with Crippen LogP contribution in [-0.2, 0) is 0 Å². The highest BCUT2D eigenvalue weighted by atomic mass is 19.1. The van der Waals surface area contributed by atoms with Gasteiger partial charge < -0.3 is 10.5 Å². The zero-order valence-corrected chi connectivity index (χ0v) is 11.7. The molecule has 0 aliphatic heterocycles. The van der Waals surface area contributed by atoms with Gasteiger partial charge in [0.1, 0.15) is 5.75 Å². The molecule has 0 saturated carbocycles. The average molecular weight is 281 g/mol. The van der Waals surface area contributed by atoms with Crippen LogP contribution in [0.2, 0.25) is 0 Å². The van der Waals surface area contributed by atoms with E-state index >= 15 is 0 Å². The van der Waals surface area contributed by atoms with Crippen molar-refractivity contribution in [2.75, 3.05) is 0 Å². The second-order valence-electron chi connectivity index (χ2n) is 5.06. The first-order valence-electron chi connectivity index (χ1n) is 6.86. The average Bonchev–Trinajstić information content (AvgIpc) is 2.49. The number of benzene rings is 3. The molecule has 0 bridgehead atoms. The van der Waals surface area contributed by atoms with Gasteiger partial charge in [-0.05, 0) is 36.1 Å². The smallest absolute Gasteiger partial charge is 0.166 e. The maximum atomic E-state index is 14.1. The van der Waals surface area contributed by atoms with Gasteiger partial charge in [0.25, 0.3) is 0 Å². The summed E-state index contributed by atoms with van der Waals surface area (Å²) in [6.07, 6.45) is 0. The third-order valence-electron chi connectivity index (χ3n) is 3.45. The molecule has 0 amide bonds. The van der Waals surface area contributed by atoms with Crippen molar-refractivity contribution in [2.45, 2.75) is 13.0 Å². The Kier molecular flexibility index (Phi) is 3.59. The van der Waals surface area contributed by atoms with Crippen LogP contribution in [0.5, 0.6) is 11.5 Å². The van der Waals surface area contributed by atoms with Gasteiger partial charge in [0, 0.05) is 11.4 Å². The highest BCUT2D eigenvalue weighted by Crippen LogP contribution is 2.31. The molecular formula is C18H16FNO. The minimum atomic E-state index is -0.405. The van der Waals surface area contributed by atoms with Crippen molar-refractivity contribution >= 4 is 10.8 Å². The number of nitrogens with two attached hydrogens (primary N) is 1. The Morgan fingerprint density at radius 2 is 1.71 bits per heavy atom. The van der Waals surface area contributed by atoms with Gasteiger partial charge in [0.05, 0.1) is 0 Å². The molecule has 106 valence electrons. The molecule has 0 unspecified atom stereocenters. The van der Waals surface area contributed by atoms with Crippen molar-refractivity contribution in [1.29, 1.82) is 0 Å². The van der Waals surface area contributed by atoms with Crippen LogP contribution >= 0.6 is 0 Å². The van der Waals surface area contributed by atoms with E-state index in [-0.39, 0.29) is 11.8 Å². The number of rotatable bonds is 3. The van der Waals surface area contributed by atoms with Gasteiger partial charge in [0.2, 0.25) is 0 Å². The summed E-state index contributed by atoms with van der Waals surface area (Å²) in [5.74, 6) is 0.439. The molecule has 3 aromatic rings. The lowest BCUT2D eigenvalue weighted by atomic mass is 10.1. The predicted octanol–water partition coefficient (Wildman–Crippen LogP) is 4.79. The first kappa shape index (κ1) is 13.6. The van der Waals surface area contributed by atoms with Crippen LogP contribution in [0.1, 0.15) is 18.5 Å². The lowest BCUT2D eigenvalue weighted by molar-refractivity contribution is 0.445. The van der Waals surface area contributed by atoms with Gasteiger partial charge >= 0.3 is 0 Å². The molecule has 0 fully saturated rings. The van der Waals surface area contributed by atoms with Gasteiger partial charge in [-0.1, -0.05) is 42.5 Å². The van der Waals surface area contributed by atoms with Crippen molar-refractivity contribution in [1.82, 2.24) is 0 Å². The Balaban J connectivity index is 1.99. The second kappa shape index (κ2) is 5.54. The molecular weight excluding hydrogens is 265 g/mol. The number of hydrogen-bond donors (Lipinski definition) is 1. The Morgan fingerprint density at radius 3 is 2.48 bits per heavy atom. The number of hydrogen-bond acceptors (Lipinski definition) is 2. The van der Waals surface area contributed by atoms with E-state index in [0.29, 0.717) is 5.75 Å². The lowest BCUT2D eigenvalue weighted by Gasteiger charge is -2.12. The van der Waals surface area contributed by atoms with Gasteiger partial charge in [-0.25, -0.2) is 4.39 Å². The molecule has 1 atom stereocenters. The maximum absolute atomic E-state index is 14.1. The van der Waals surface area contributed by atoms with Crippen LogP contribution in [0.25, 0.3) is 10.8 Å². The normalized spacial score (nSPS) is 12.3. The summed E-state index contributed by atoms with van der Waals surface area (Å²) in [5.41, 5.74) is 6.50. The topological polar surface area (TPSA) is 35.2 Å². The molecule has 3 rings (SSSR count). The van der Waals surface area contributed by atoms with Crippen LogP contribution in [0.3, 0.4) is 0 Å². The second-order valence-corrected chi connectivity index (χ2v) is 5.06. The molecule has 0 saturated heterocycles. The van der Waals surface area contributed by atoms with Crippen LogP contribution in [0, 0.1) is 5.82 Å². The Hall–Kier alpha value is -2.39. The number of ether oxygens (including phenoxy) is 1. The minimum Gasteiger partial charge on any atom is -0.454 e. The van der Waals surface area contributed by atoms with E-state index in [0.717, 1.165) is 16.3 Å². The third kappa shape index (κ3) is 2.73. The fraction of sp³-hybridized carbons (Fsp3) is 0.111. The van der Waals surface area contributed by atoms with Crippen molar-refractivity contribution in [2.24, 2.45) is 5.73 Å². The summed E-state index contributed by atoms with van der Waals surface area (Å²) < 4.78 is 19.9. The molecule has 0 heterocycles. The number of fused-ring (bicyclic) bond motifs is 1. The lowest BCUT2D eigenvalue weighted by Crippen LogP contribution is -2.05. The SMILES string of the molecule is C[C@@H](N)c1ccc(Oc2cccc3ccccc23)c(F)c1. The molecule has 0 aliphatic carbocycles. The summed E-state index contributed by atoms with van der Waals surface area (Å²) >= 11 is 0. The Labute approximate surface area is 123 Å². The third-order valence-corrected chi connectivity index (χ3v) is 3.45. The fourth-order valence-corrected chi connectivity index (χ4v) is 2.29. The summed E-state index contributed by atoms with van der Waals surface area (Å²) in [5, 5.41) is 2.01. The predicted molar refractivity (Wildman–Crippen MR) is 83.0 cm³/mol. The van der Waals surface area contributed by atoms with Crippen LogP contribution in [-0.4, -0.2) is 0 Å². The molecule has 0 aromatic heterocycles. The standard InChI is InChI=1S/C18H16FNO/c1-12(20)14-9-10-18(16(19)11-14)21-17-8-4-6-13-5-2-3-7-15(13)17/h2-12H,20H2,1H3/t12-/m1/s1. The van der Waals surface area contributed by atoms with Crippen LogP contribution in [0.4, 0.5) is 4.39 Å². The molecule has 2 nitrogen and oxygen atoms in total. The Bertz CT molecular complexity index is 778. The highest BCUT2D eigenvalue weighted by Gasteiger charge is 2.09. The van der Waals surface area contributed by atoms with E-state index in [1.54, 1.807) is 12.1 Å². The molecule has 0 aliphatic rings. The molecule has 3 aromatic carbocycles. The molecule has 21 heavy (non-hydrogen) atoms. The van der Waals surface area contributed by atoms with Gasteiger partial charge in [-0.3, -0.25) is 0 Å². The zero-order valence-electron chi connectivity index (χ0n) is 11.7. The van der Waals surface area contributed by atoms with E-state index < -0.39 is 5.82 Å². The number of halogens is 1. The monoisotopic (exact) mass is 281 g/mol. The van der Waals surface area contributed by atoms with Crippen LogP contribution in [0.15, 0.2) is 60.7 Å². The van der Waals surface area contributed by atoms with Crippen molar-refractivity contribution in [3.63, 3.8) is 0 Å². The van der Waals surface area contributed by atoms with Crippen LogP contribution < -0.4 is 10.5 Å². The Morgan fingerprint density at radius 1 is 0.952 bits per heavy atom. The first-order chi connectivity index (χ1) is 10.1.